The second kappa shape index (κ2) is 6.66. The Morgan fingerprint density at radius 3 is 2.96 bits per heavy atom. The summed E-state index contributed by atoms with van der Waals surface area (Å²) in [5.74, 6) is 2.33. The van der Waals surface area contributed by atoms with Gasteiger partial charge in [0.25, 0.3) is 0 Å². The molecule has 1 aromatic carbocycles. The van der Waals surface area contributed by atoms with Crippen LogP contribution in [-0.2, 0) is 17.7 Å². The van der Waals surface area contributed by atoms with E-state index in [1.54, 1.807) is 7.11 Å². The quantitative estimate of drug-likeness (QED) is 0.676. The van der Waals surface area contributed by atoms with E-state index in [1.807, 2.05) is 13.0 Å². The lowest BCUT2D eigenvalue weighted by Gasteiger charge is -2.31. The lowest BCUT2D eigenvalue weighted by molar-refractivity contribution is 0.00528. The number of benzene rings is 1. The van der Waals surface area contributed by atoms with Crippen molar-refractivity contribution in [1.29, 1.82) is 0 Å². The molecule has 0 amide bonds. The standard InChI is InChI=1S/C17H25N3O3/c1-11-6-13-7-15(21-3)14(8-16(13)23-11)9-19-17(18)20-4-5-22-12(2)10-20/h7-8,11-12H,4-6,9-10H2,1-3H3,(H2,18,19). The van der Waals surface area contributed by atoms with Gasteiger partial charge in [0.15, 0.2) is 5.96 Å². The van der Waals surface area contributed by atoms with E-state index < -0.39 is 0 Å². The third-order valence-electron chi connectivity index (χ3n) is 4.28. The highest BCUT2D eigenvalue weighted by Crippen LogP contribution is 2.35. The van der Waals surface area contributed by atoms with Crippen molar-refractivity contribution in [2.24, 2.45) is 10.7 Å². The Kier molecular flexibility index (Phi) is 4.61. The molecule has 0 aromatic heterocycles. The third-order valence-corrected chi connectivity index (χ3v) is 4.28. The topological polar surface area (TPSA) is 69.3 Å². The van der Waals surface area contributed by atoms with E-state index >= 15 is 0 Å². The highest BCUT2D eigenvalue weighted by atomic mass is 16.5. The van der Waals surface area contributed by atoms with Gasteiger partial charge in [-0.2, -0.15) is 0 Å². The number of fused-ring (bicyclic) bond motifs is 1. The largest absolute Gasteiger partial charge is 0.496 e. The molecular formula is C17H25N3O3. The molecule has 23 heavy (non-hydrogen) atoms. The second-order valence-corrected chi connectivity index (χ2v) is 6.21. The Morgan fingerprint density at radius 1 is 1.39 bits per heavy atom. The summed E-state index contributed by atoms with van der Waals surface area (Å²) >= 11 is 0. The van der Waals surface area contributed by atoms with E-state index in [9.17, 15) is 0 Å². The smallest absolute Gasteiger partial charge is 0.191 e. The minimum atomic E-state index is 0.182. The Hall–Kier alpha value is -1.95. The van der Waals surface area contributed by atoms with Crippen molar-refractivity contribution in [3.8, 4) is 11.5 Å². The number of hydrogen-bond donors (Lipinski definition) is 1. The van der Waals surface area contributed by atoms with Crippen molar-refractivity contribution in [2.45, 2.75) is 39.0 Å². The maximum Gasteiger partial charge on any atom is 0.191 e. The van der Waals surface area contributed by atoms with Crippen molar-refractivity contribution in [3.63, 3.8) is 0 Å². The number of morpholine rings is 1. The fraction of sp³-hybridized carbons (Fsp3) is 0.588. The summed E-state index contributed by atoms with van der Waals surface area (Å²) < 4.78 is 16.9. The molecule has 2 atom stereocenters. The molecule has 2 heterocycles. The van der Waals surface area contributed by atoms with Gasteiger partial charge in [-0.15, -0.1) is 0 Å². The minimum Gasteiger partial charge on any atom is -0.496 e. The molecule has 6 nitrogen and oxygen atoms in total. The summed E-state index contributed by atoms with van der Waals surface area (Å²) in [6, 6.07) is 4.08. The highest BCUT2D eigenvalue weighted by molar-refractivity contribution is 5.78. The van der Waals surface area contributed by atoms with Crippen molar-refractivity contribution in [3.05, 3.63) is 23.3 Å². The average Bonchev–Trinajstić information content (AvgIpc) is 2.90. The number of aliphatic imine (C=N–C) groups is 1. The molecule has 0 radical (unpaired) electrons. The molecule has 1 aromatic rings. The van der Waals surface area contributed by atoms with Crippen LogP contribution in [-0.4, -0.2) is 49.9 Å². The van der Waals surface area contributed by atoms with Gasteiger partial charge in [0.2, 0.25) is 0 Å². The van der Waals surface area contributed by atoms with E-state index in [2.05, 4.69) is 22.9 Å². The van der Waals surface area contributed by atoms with E-state index in [-0.39, 0.29) is 12.2 Å². The summed E-state index contributed by atoms with van der Waals surface area (Å²) in [4.78, 5) is 6.60. The van der Waals surface area contributed by atoms with Crippen LogP contribution in [0.1, 0.15) is 25.0 Å². The first-order valence-electron chi connectivity index (χ1n) is 8.09. The zero-order valence-electron chi connectivity index (χ0n) is 14.0. The molecule has 0 aliphatic carbocycles. The molecule has 2 unspecified atom stereocenters. The minimum absolute atomic E-state index is 0.182. The summed E-state index contributed by atoms with van der Waals surface area (Å²) in [7, 11) is 1.68. The SMILES string of the molecule is COc1cc2c(cc1CN=C(N)N1CCOC(C)C1)OC(C)C2. The van der Waals surface area contributed by atoms with E-state index in [0.29, 0.717) is 19.1 Å². The van der Waals surface area contributed by atoms with Gasteiger partial charge >= 0.3 is 0 Å². The fourth-order valence-corrected chi connectivity index (χ4v) is 3.09. The first kappa shape index (κ1) is 15.9. The Morgan fingerprint density at radius 2 is 2.22 bits per heavy atom. The van der Waals surface area contributed by atoms with Crippen molar-refractivity contribution in [1.82, 2.24) is 4.90 Å². The van der Waals surface area contributed by atoms with Gasteiger partial charge < -0.3 is 24.8 Å². The van der Waals surface area contributed by atoms with Crippen LogP contribution in [0.2, 0.25) is 0 Å². The lowest BCUT2D eigenvalue weighted by atomic mass is 10.1. The summed E-state index contributed by atoms with van der Waals surface area (Å²) in [6.07, 6.45) is 1.32. The molecule has 6 heteroatoms. The van der Waals surface area contributed by atoms with Crippen molar-refractivity contribution in [2.75, 3.05) is 26.8 Å². The predicted molar refractivity (Wildman–Crippen MR) is 89.1 cm³/mol. The highest BCUT2D eigenvalue weighted by Gasteiger charge is 2.22. The Balaban J connectivity index is 1.74. The zero-order valence-corrected chi connectivity index (χ0v) is 14.0. The molecular weight excluding hydrogens is 294 g/mol. The first-order valence-corrected chi connectivity index (χ1v) is 8.09. The van der Waals surface area contributed by atoms with Crippen LogP contribution in [0.3, 0.4) is 0 Å². The van der Waals surface area contributed by atoms with Crippen molar-refractivity contribution >= 4 is 5.96 Å². The summed E-state index contributed by atoms with van der Waals surface area (Å²) in [5.41, 5.74) is 8.32. The molecule has 2 N–H and O–H groups in total. The van der Waals surface area contributed by atoms with Gasteiger partial charge in [-0.1, -0.05) is 0 Å². The van der Waals surface area contributed by atoms with Crippen LogP contribution in [0.4, 0.5) is 0 Å². The number of nitrogens with zero attached hydrogens (tertiary/aromatic N) is 2. The lowest BCUT2D eigenvalue weighted by Crippen LogP contribution is -2.47. The predicted octanol–water partition coefficient (Wildman–Crippen LogP) is 1.55. The maximum absolute atomic E-state index is 6.13. The number of guanidine groups is 1. The average molecular weight is 319 g/mol. The third kappa shape index (κ3) is 3.52. The number of methoxy groups -OCH3 is 1. The number of nitrogens with two attached hydrogens (primary N) is 1. The van der Waals surface area contributed by atoms with Crippen LogP contribution in [0.15, 0.2) is 17.1 Å². The van der Waals surface area contributed by atoms with Gasteiger partial charge in [0, 0.05) is 30.6 Å². The van der Waals surface area contributed by atoms with Crippen LogP contribution in [0.25, 0.3) is 0 Å². The van der Waals surface area contributed by atoms with Gasteiger partial charge in [-0.05, 0) is 26.0 Å². The maximum atomic E-state index is 6.13. The van der Waals surface area contributed by atoms with Crippen LogP contribution in [0, 0.1) is 0 Å². The molecule has 2 aliphatic rings. The van der Waals surface area contributed by atoms with Crippen LogP contribution >= 0.6 is 0 Å². The number of ether oxygens (including phenoxy) is 3. The van der Waals surface area contributed by atoms with Gasteiger partial charge in [-0.25, -0.2) is 4.99 Å². The summed E-state index contributed by atoms with van der Waals surface area (Å²) in [6.45, 7) is 6.83. The van der Waals surface area contributed by atoms with E-state index in [4.69, 9.17) is 19.9 Å². The normalized spacial score (nSPS) is 24.3. The fourth-order valence-electron chi connectivity index (χ4n) is 3.09. The molecule has 0 bridgehead atoms. The zero-order chi connectivity index (χ0) is 16.4. The van der Waals surface area contributed by atoms with Gasteiger partial charge in [0.1, 0.15) is 17.6 Å². The van der Waals surface area contributed by atoms with Gasteiger partial charge in [0.05, 0.1) is 26.4 Å². The molecule has 2 aliphatic heterocycles. The molecule has 0 spiro atoms. The van der Waals surface area contributed by atoms with Crippen molar-refractivity contribution < 1.29 is 14.2 Å². The second-order valence-electron chi connectivity index (χ2n) is 6.21. The van der Waals surface area contributed by atoms with Crippen LogP contribution in [0.5, 0.6) is 11.5 Å². The monoisotopic (exact) mass is 319 g/mol. The van der Waals surface area contributed by atoms with E-state index in [1.165, 1.54) is 5.56 Å². The van der Waals surface area contributed by atoms with Crippen LogP contribution < -0.4 is 15.2 Å². The molecule has 1 saturated heterocycles. The Labute approximate surface area is 137 Å². The number of rotatable bonds is 3. The Bertz CT molecular complexity index is 603. The molecule has 1 fully saturated rings. The molecule has 126 valence electrons. The molecule has 0 saturated carbocycles. The molecule has 3 rings (SSSR count). The van der Waals surface area contributed by atoms with Gasteiger partial charge in [-0.3, -0.25) is 0 Å². The first-order chi connectivity index (χ1) is 11.1. The number of hydrogen-bond acceptors (Lipinski definition) is 4. The summed E-state index contributed by atoms with van der Waals surface area (Å²) in [5, 5.41) is 0. The van der Waals surface area contributed by atoms with E-state index in [0.717, 1.165) is 36.6 Å².